The van der Waals surface area contributed by atoms with E-state index in [1.165, 1.54) is 0 Å². The van der Waals surface area contributed by atoms with Crippen LogP contribution in [0.25, 0.3) is 0 Å². The average molecular weight is 470 g/mol. The van der Waals surface area contributed by atoms with Crippen LogP contribution in [-0.2, 0) is 32.0 Å². The molecule has 1 aliphatic heterocycles. The predicted octanol–water partition coefficient (Wildman–Crippen LogP) is 0.128. The van der Waals surface area contributed by atoms with Crippen molar-refractivity contribution in [3.63, 3.8) is 0 Å². The number of benzene rings is 2. The Morgan fingerprint density at radius 1 is 1.00 bits per heavy atom. The first-order valence-corrected chi connectivity index (χ1v) is 11.1. The Balaban J connectivity index is 1.80. The molecule has 3 rings (SSSR count). The summed E-state index contributed by atoms with van der Waals surface area (Å²) < 4.78 is 10.5. The third-order valence-corrected chi connectivity index (χ3v) is 5.78. The molecule has 0 radical (unpaired) electrons. The van der Waals surface area contributed by atoms with Crippen molar-refractivity contribution in [3.05, 3.63) is 65.7 Å². The van der Waals surface area contributed by atoms with Gasteiger partial charge in [-0.3, -0.25) is 14.4 Å². The molecule has 9 nitrogen and oxygen atoms in total. The van der Waals surface area contributed by atoms with E-state index in [-0.39, 0.29) is 18.6 Å². The van der Waals surface area contributed by atoms with Crippen LogP contribution in [0, 0.1) is 0 Å². The zero-order chi connectivity index (χ0) is 24.7. The molecule has 1 heterocycles. The van der Waals surface area contributed by atoms with Crippen LogP contribution >= 0.6 is 0 Å². The van der Waals surface area contributed by atoms with Gasteiger partial charge in [0, 0.05) is 6.42 Å². The fourth-order valence-corrected chi connectivity index (χ4v) is 3.52. The molecule has 0 aliphatic carbocycles. The molecule has 34 heavy (non-hydrogen) atoms. The van der Waals surface area contributed by atoms with Crippen molar-refractivity contribution in [2.24, 2.45) is 5.73 Å². The summed E-state index contributed by atoms with van der Waals surface area (Å²) in [6.07, 6.45) is 0.434. The summed E-state index contributed by atoms with van der Waals surface area (Å²) in [6, 6.07) is 13.4. The summed E-state index contributed by atoms with van der Waals surface area (Å²) in [6.45, 7) is 1.42. The van der Waals surface area contributed by atoms with Gasteiger partial charge >= 0.3 is 0 Å². The van der Waals surface area contributed by atoms with Gasteiger partial charge in [-0.1, -0.05) is 42.5 Å². The molecule has 1 fully saturated rings. The molecular formula is C25H31N3O6. The van der Waals surface area contributed by atoms with Gasteiger partial charge in [-0.15, -0.1) is 0 Å². The van der Waals surface area contributed by atoms with Crippen LogP contribution in [0.5, 0.6) is 5.75 Å². The summed E-state index contributed by atoms with van der Waals surface area (Å²) in [7, 11) is 1.55. The highest BCUT2D eigenvalue weighted by Gasteiger charge is 2.50. The molecule has 4 atom stereocenters. The number of nitrogens with one attached hydrogen (secondary N) is 2. The minimum atomic E-state index is -1.17. The molecule has 0 bridgehead atoms. The number of carbonyl (C=O) groups is 3. The molecule has 0 unspecified atom stereocenters. The number of hydrogen-bond acceptors (Lipinski definition) is 7. The average Bonchev–Trinajstić information content (AvgIpc) is 3.61. The first kappa shape index (κ1) is 25.4. The van der Waals surface area contributed by atoms with E-state index in [1.807, 2.05) is 30.3 Å². The minimum absolute atomic E-state index is 0.153. The van der Waals surface area contributed by atoms with Crippen molar-refractivity contribution in [2.75, 3.05) is 20.3 Å². The highest BCUT2D eigenvalue weighted by atomic mass is 16.6. The van der Waals surface area contributed by atoms with E-state index >= 15 is 0 Å². The lowest BCUT2D eigenvalue weighted by atomic mass is 9.94. The number of aliphatic hydroxyl groups is 1. The minimum Gasteiger partial charge on any atom is -0.497 e. The highest BCUT2D eigenvalue weighted by Crippen LogP contribution is 2.29. The van der Waals surface area contributed by atoms with Crippen molar-refractivity contribution < 1.29 is 29.0 Å². The number of hydrogen-bond donors (Lipinski definition) is 4. The largest absolute Gasteiger partial charge is 0.497 e. The Morgan fingerprint density at radius 2 is 1.56 bits per heavy atom. The van der Waals surface area contributed by atoms with E-state index in [0.717, 1.165) is 11.1 Å². The monoisotopic (exact) mass is 469 g/mol. The number of nitrogens with two attached hydrogens (primary N) is 1. The van der Waals surface area contributed by atoms with E-state index in [2.05, 4.69) is 10.6 Å². The summed E-state index contributed by atoms with van der Waals surface area (Å²) >= 11 is 0. The van der Waals surface area contributed by atoms with E-state index in [1.54, 1.807) is 38.3 Å². The molecule has 0 saturated carbocycles. The lowest BCUT2D eigenvalue weighted by molar-refractivity contribution is -0.133. The van der Waals surface area contributed by atoms with Gasteiger partial charge in [-0.05, 0) is 36.6 Å². The molecule has 5 N–H and O–H groups in total. The number of epoxide rings is 1. The van der Waals surface area contributed by atoms with Crippen LogP contribution in [-0.4, -0.2) is 66.8 Å². The topological polar surface area (TPSA) is 143 Å². The molecule has 0 spiro atoms. The first-order chi connectivity index (χ1) is 16.3. The van der Waals surface area contributed by atoms with E-state index in [0.29, 0.717) is 12.4 Å². The molecule has 2 aromatic rings. The number of ether oxygens (including phenoxy) is 2. The number of aliphatic hydroxyl groups excluding tert-OH is 1. The summed E-state index contributed by atoms with van der Waals surface area (Å²) in [5.74, 6) is -0.777. The predicted molar refractivity (Wildman–Crippen MR) is 125 cm³/mol. The first-order valence-electron chi connectivity index (χ1n) is 11.1. The second kappa shape index (κ2) is 11.2. The molecule has 2 aromatic carbocycles. The molecular weight excluding hydrogens is 438 g/mol. The van der Waals surface area contributed by atoms with Gasteiger partial charge < -0.3 is 30.9 Å². The molecule has 1 aliphatic rings. The molecule has 9 heteroatoms. The number of methoxy groups -OCH3 is 1. The lowest BCUT2D eigenvalue weighted by Gasteiger charge is -2.25. The maximum Gasteiger partial charge on any atom is 0.243 e. The number of ketones is 1. The van der Waals surface area contributed by atoms with Gasteiger partial charge in [0.15, 0.2) is 5.78 Å². The number of amides is 2. The zero-order valence-electron chi connectivity index (χ0n) is 19.3. The van der Waals surface area contributed by atoms with Crippen molar-refractivity contribution in [2.45, 2.75) is 43.5 Å². The van der Waals surface area contributed by atoms with Crippen molar-refractivity contribution in [3.8, 4) is 5.75 Å². The summed E-state index contributed by atoms with van der Waals surface area (Å²) in [4.78, 5) is 38.8. The van der Waals surface area contributed by atoms with Gasteiger partial charge in [-0.25, -0.2) is 0 Å². The van der Waals surface area contributed by atoms with Crippen LogP contribution in [0.15, 0.2) is 54.6 Å². The quantitative estimate of drug-likeness (QED) is 0.324. The zero-order valence-corrected chi connectivity index (χ0v) is 19.3. The Bertz CT molecular complexity index is 991. The van der Waals surface area contributed by atoms with E-state index in [9.17, 15) is 19.5 Å². The van der Waals surface area contributed by atoms with E-state index < -0.39 is 42.1 Å². The van der Waals surface area contributed by atoms with Crippen molar-refractivity contribution in [1.82, 2.24) is 10.6 Å². The molecule has 2 amide bonds. The Kier molecular flexibility index (Phi) is 8.38. The molecule has 0 aromatic heterocycles. The Hall–Kier alpha value is -3.27. The number of rotatable bonds is 12. The second-order valence-corrected chi connectivity index (χ2v) is 8.54. The third-order valence-electron chi connectivity index (χ3n) is 5.78. The fourth-order valence-electron chi connectivity index (χ4n) is 3.52. The van der Waals surface area contributed by atoms with Crippen LogP contribution < -0.4 is 21.1 Å². The van der Waals surface area contributed by atoms with Gasteiger partial charge in [-0.2, -0.15) is 0 Å². The van der Waals surface area contributed by atoms with Gasteiger partial charge in [0.05, 0.1) is 26.4 Å². The molecule has 1 saturated heterocycles. The van der Waals surface area contributed by atoms with Crippen molar-refractivity contribution >= 4 is 17.6 Å². The van der Waals surface area contributed by atoms with Crippen LogP contribution in [0.3, 0.4) is 0 Å². The summed E-state index contributed by atoms with van der Waals surface area (Å²) in [5.41, 5.74) is 6.35. The van der Waals surface area contributed by atoms with Gasteiger partial charge in [0.2, 0.25) is 11.8 Å². The lowest BCUT2D eigenvalue weighted by Crippen LogP contribution is -2.57. The van der Waals surface area contributed by atoms with Crippen LogP contribution in [0.2, 0.25) is 0 Å². The number of carbonyl (C=O) groups excluding carboxylic acids is 3. The maximum atomic E-state index is 13.3. The standard InChI is InChI=1S/C25H31N3O6/c1-25(15-34-25)22(30)20(12-16-6-4-3-5-7-16)27-24(32)21(28-23(31)19(26)14-29)13-17-8-10-18(33-2)11-9-17/h3-11,19-21,29H,12-15,26H2,1-2H3,(H,27,32)(H,28,31)/t19-,20+,21+,25-/m1/s1. The fraction of sp³-hybridized carbons (Fsp3) is 0.400. The highest BCUT2D eigenvalue weighted by molar-refractivity contribution is 5.98. The van der Waals surface area contributed by atoms with Crippen LogP contribution in [0.4, 0.5) is 0 Å². The van der Waals surface area contributed by atoms with Gasteiger partial charge in [0.25, 0.3) is 0 Å². The van der Waals surface area contributed by atoms with Gasteiger partial charge in [0.1, 0.15) is 23.4 Å². The van der Waals surface area contributed by atoms with Crippen molar-refractivity contribution in [1.29, 1.82) is 0 Å². The Morgan fingerprint density at radius 3 is 2.12 bits per heavy atom. The smallest absolute Gasteiger partial charge is 0.243 e. The van der Waals surface area contributed by atoms with E-state index in [4.69, 9.17) is 15.2 Å². The maximum absolute atomic E-state index is 13.3. The summed E-state index contributed by atoms with van der Waals surface area (Å²) in [5, 5.41) is 14.6. The number of Topliss-reactive ketones (excluding diaryl/α,β-unsaturated/α-hetero) is 1. The Labute approximate surface area is 198 Å². The van der Waals surface area contributed by atoms with Crippen LogP contribution in [0.1, 0.15) is 18.1 Å². The molecule has 182 valence electrons. The second-order valence-electron chi connectivity index (χ2n) is 8.54. The SMILES string of the molecule is COc1ccc(C[C@H](NC(=O)[C@H](N)CO)C(=O)N[C@@H](Cc2ccccc2)C(=O)[C@@]2(C)CO2)cc1. The third kappa shape index (κ3) is 6.63. The normalized spacial score (nSPS) is 19.4.